The van der Waals surface area contributed by atoms with Crippen molar-refractivity contribution in [3.05, 3.63) is 0 Å². The fraction of sp³-hybridized carbons (Fsp3) is 1.00. The number of piperidine rings is 1. The molecule has 0 aromatic carbocycles. The first-order valence-corrected chi connectivity index (χ1v) is 6.59. The van der Waals surface area contributed by atoms with E-state index in [0.717, 1.165) is 24.9 Å². The summed E-state index contributed by atoms with van der Waals surface area (Å²) in [6, 6.07) is 0. The second-order valence-corrected chi connectivity index (χ2v) is 5.73. The third kappa shape index (κ3) is 3.72. The summed E-state index contributed by atoms with van der Waals surface area (Å²) in [5, 5.41) is 12.9. The summed E-state index contributed by atoms with van der Waals surface area (Å²) in [4.78, 5) is 2.49. The van der Waals surface area contributed by atoms with E-state index in [-0.39, 0.29) is 12.1 Å². The Bertz CT molecular complexity index is 210. The first-order valence-electron chi connectivity index (χ1n) is 6.59. The van der Waals surface area contributed by atoms with Crippen LogP contribution in [0.2, 0.25) is 0 Å². The molecule has 1 saturated heterocycles. The third-order valence-electron chi connectivity index (χ3n) is 3.94. The minimum Gasteiger partial charge on any atom is -0.394 e. The second kappa shape index (κ2) is 5.99. The Hall–Kier alpha value is -0.120. The van der Waals surface area contributed by atoms with Gasteiger partial charge in [0, 0.05) is 13.1 Å². The van der Waals surface area contributed by atoms with Crippen LogP contribution in [0.25, 0.3) is 0 Å². The Morgan fingerprint density at radius 3 is 2.56 bits per heavy atom. The highest BCUT2D eigenvalue weighted by Crippen LogP contribution is 2.23. The third-order valence-corrected chi connectivity index (χ3v) is 3.94. The van der Waals surface area contributed by atoms with Crippen LogP contribution >= 0.6 is 0 Å². The van der Waals surface area contributed by atoms with Crippen LogP contribution in [0.15, 0.2) is 0 Å². The zero-order valence-corrected chi connectivity index (χ0v) is 11.3. The molecule has 1 heterocycles. The molecule has 16 heavy (non-hydrogen) atoms. The Labute approximate surface area is 100 Å². The van der Waals surface area contributed by atoms with E-state index in [1.165, 1.54) is 19.5 Å². The van der Waals surface area contributed by atoms with Crippen LogP contribution in [0.5, 0.6) is 0 Å². The molecule has 0 radical (unpaired) electrons. The Balaban J connectivity index is 2.46. The van der Waals surface area contributed by atoms with Gasteiger partial charge in [0.15, 0.2) is 0 Å². The first-order chi connectivity index (χ1) is 7.50. The Kier molecular flexibility index (Phi) is 5.22. The van der Waals surface area contributed by atoms with Crippen molar-refractivity contribution < 1.29 is 5.11 Å². The van der Waals surface area contributed by atoms with Crippen LogP contribution in [-0.4, -0.2) is 48.3 Å². The van der Waals surface area contributed by atoms with E-state index in [1.54, 1.807) is 0 Å². The molecule has 3 heteroatoms. The van der Waals surface area contributed by atoms with E-state index in [4.69, 9.17) is 0 Å². The first kappa shape index (κ1) is 13.9. The van der Waals surface area contributed by atoms with E-state index >= 15 is 0 Å². The maximum Gasteiger partial charge on any atom is 0.0623 e. The standard InChI is InChI=1S/C13H28N2O/c1-5-14-13(4,10-16)9-15-7-6-11(2)12(3)8-15/h11-12,14,16H,5-10H2,1-4H3. The molecule has 0 aliphatic carbocycles. The highest BCUT2D eigenvalue weighted by molar-refractivity contribution is 4.88. The van der Waals surface area contributed by atoms with Gasteiger partial charge in [-0.05, 0) is 38.3 Å². The fourth-order valence-electron chi connectivity index (χ4n) is 2.57. The number of nitrogens with zero attached hydrogens (tertiary/aromatic N) is 1. The highest BCUT2D eigenvalue weighted by atomic mass is 16.3. The maximum absolute atomic E-state index is 9.48. The molecule has 0 aromatic heterocycles. The Morgan fingerprint density at radius 1 is 1.38 bits per heavy atom. The van der Waals surface area contributed by atoms with Crippen LogP contribution < -0.4 is 5.32 Å². The van der Waals surface area contributed by atoms with Crippen molar-refractivity contribution in [3.8, 4) is 0 Å². The van der Waals surface area contributed by atoms with Gasteiger partial charge >= 0.3 is 0 Å². The van der Waals surface area contributed by atoms with E-state index in [1.807, 2.05) is 0 Å². The molecule has 0 saturated carbocycles. The van der Waals surface area contributed by atoms with Gasteiger partial charge in [-0.25, -0.2) is 0 Å². The largest absolute Gasteiger partial charge is 0.394 e. The highest BCUT2D eigenvalue weighted by Gasteiger charge is 2.29. The lowest BCUT2D eigenvalue weighted by atomic mass is 9.88. The van der Waals surface area contributed by atoms with Crippen molar-refractivity contribution in [1.29, 1.82) is 0 Å². The molecule has 3 unspecified atom stereocenters. The number of rotatable bonds is 5. The fourth-order valence-corrected chi connectivity index (χ4v) is 2.57. The molecule has 0 aromatic rings. The molecule has 1 aliphatic heterocycles. The smallest absolute Gasteiger partial charge is 0.0623 e. The van der Waals surface area contributed by atoms with E-state index in [9.17, 15) is 5.11 Å². The van der Waals surface area contributed by atoms with Gasteiger partial charge in [-0.3, -0.25) is 0 Å². The molecular formula is C13H28N2O. The topological polar surface area (TPSA) is 35.5 Å². The zero-order chi connectivity index (χ0) is 12.2. The van der Waals surface area contributed by atoms with Gasteiger partial charge in [0.1, 0.15) is 0 Å². The molecule has 2 N–H and O–H groups in total. The van der Waals surface area contributed by atoms with Gasteiger partial charge in [0.05, 0.1) is 12.1 Å². The molecule has 1 fully saturated rings. The summed E-state index contributed by atoms with van der Waals surface area (Å²) < 4.78 is 0. The van der Waals surface area contributed by atoms with Gasteiger partial charge in [-0.15, -0.1) is 0 Å². The SMILES string of the molecule is CCNC(C)(CO)CN1CCC(C)C(C)C1. The average molecular weight is 228 g/mol. The zero-order valence-electron chi connectivity index (χ0n) is 11.3. The quantitative estimate of drug-likeness (QED) is 0.745. The van der Waals surface area contributed by atoms with Crippen LogP contribution in [-0.2, 0) is 0 Å². The summed E-state index contributed by atoms with van der Waals surface area (Å²) in [6.45, 7) is 13.3. The van der Waals surface area contributed by atoms with Crippen molar-refractivity contribution in [2.24, 2.45) is 11.8 Å². The molecule has 1 rings (SSSR count). The number of likely N-dealkylation sites (N-methyl/N-ethyl adjacent to an activating group) is 1. The van der Waals surface area contributed by atoms with Gasteiger partial charge in [-0.2, -0.15) is 0 Å². The number of aliphatic hydroxyl groups is 1. The van der Waals surface area contributed by atoms with Crippen molar-refractivity contribution in [3.63, 3.8) is 0 Å². The molecule has 96 valence electrons. The maximum atomic E-state index is 9.48. The average Bonchev–Trinajstić information content (AvgIpc) is 2.24. The summed E-state index contributed by atoms with van der Waals surface area (Å²) >= 11 is 0. The molecule has 3 nitrogen and oxygen atoms in total. The molecular weight excluding hydrogens is 200 g/mol. The summed E-state index contributed by atoms with van der Waals surface area (Å²) in [7, 11) is 0. The van der Waals surface area contributed by atoms with E-state index in [0.29, 0.717) is 0 Å². The second-order valence-electron chi connectivity index (χ2n) is 5.73. The molecule has 3 atom stereocenters. The van der Waals surface area contributed by atoms with Crippen molar-refractivity contribution in [1.82, 2.24) is 10.2 Å². The Morgan fingerprint density at radius 2 is 2.06 bits per heavy atom. The van der Waals surface area contributed by atoms with Crippen LogP contribution in [0.3, 0.4) is 0 Å². The number of nitrogens with one attached hydrogen (secondary N) is 1. The van der Waals surface area contributed by atoms with Crippen molar-refractivity contribution in [2.45, 2.75) is 39.7 Å². The van der Waals surface area contributed by atoms with Crippen LogP contribution in [0.4, 0.5) is 0 Å². The van der Waals surface area contributed by atoms with Crippen LogP contribution in [0.1, 0.15) is 34.1 Å². The predicted octanol–water partition coefficient (Wildman–Crippen LogP) is 1.32. The normalized spacial score (nSPS) is 31.3. The number of aliphatic hydroxyl groups excluding tert-OH is 1. The molecule has 1 aliphatic rings. The van der Waals surface area contributed by atoms with Crippen LogP contribution in [0, 0.1) is 11.8 Å². The molecule has 0 spiro atoms. The minimum absolute atomic E-state index is 0.144. The predicted molar refractivity (Wildman–Crippen MR) is 68.6 cm³/mol. The van der Waals surface area contributed by atoms with E-state index < -0.39 is 0 Å². The molecule has 0 amide bonds. The number of likely N-dealkylation sites (tertiary alicyclic amines) is 1. The van der Waals surface area contributed by atoms with Gasteiger partial charge in [-0.1, -0.05) is 20.8 Å². The monoisotopic (exact) mass is 228 g/mol. The number of hydrogen-bond acceptors (Lipinski definition) is 3. The van der Waals surface area contributed by atoms with Crippen molar-refractivity contribution in [2.75, 3.05) is 32.8 Å². The summed E-state index contributed by atoms with van der Waals surface area (Å²) in [5.74, 6) is 1.62. The lowest BCUT2D eigenvalue weighted by Gasteiger charge is -2.40. The summed E-state index contributed by atoms with van der Waals surface area (Å²) in [5.41, 5.74) is -0.144. The summed E-state index contributed by atoms with van der Waals surface area (Å²) in [6.07, 6.45) is 1.29. The minimum atomic E-state index is -0.144. The van der Waals surface area contributed by atoms with Gasteiger partial charge in [0.25, 0.3) is 0 Å². The number of hydrogen-bond donors (Lipinski definition) is 2. The van der Waals surface area contributed by atoms with Crippen molar-refractivity contribution >= 4 is 0 Å². The lowest BCUT2D eigenvalue weighted by molar-refractivity contribution is 0.0777. The molecule has 0 bridgehead atoms. The van der Waals surface area contributed by atoms with Gasteiger partial charge in [0.2, 0.25) is 0 Å². The van der Waals surface area contributed by atoms with Gasteiger partial charge < -0.3 is 15.3 Å². The van der Waals surface area contributed by atoms with E-state index in [2.05, 4.69) is 37.9 Å². The lowest BCUT2D eigenvalue weighted by Crippen LogP contribution is -2.56.